The van der Waals surface area contributed by atoms with Crippen molar-refractivity contribution in [2.45, 2.75) is 4.90 Å². The predicted molar refractivity (Wildman–Crippen MR) is 96.9 cm³/mol. The summed E-state index contributed by atoms with van der Waals surface area (Å²) in [5.41, 5.74) is 0.171. The van der Waals surface area contributed by atoms with Crippen molar-refractivity contribution in [3.05, 3.63) is 72.5 Å². The summed E-state index contributed by atoms with van der Waals surface area (Å²) in [5, 5.41) is 1.65. The second-order valence-corrected chi connectivity index (χ2v) is 7.44. The lowest BCUT2D eigenvalue weighted by Gasteiger charge is -2.23. The van der Waals surface area contributed by atoms with Gasteiger partial charge < -0.3 is 4.74 Å². The largest absolute Gasteiger partial charge is 0.468 e. The minimum absolute atomic E-state index is 0.0319. The second-order valence-electron chi connectivity index (χ2n) is 5.57. The lowest BCUT2D eigenvalue weighted by molar-refractivity contribution is -0.138. The molecular formula is C19H16FNO4S. The zero-order chi connectivity index (χ0) is 18.7. The first-order valence-corrected chi connectivity index (χ1v) is 9.20. The van der Waals surface area contributed by atoms with Gasteiger partial charge in [-0.25, -0.2) is 12.8 Å². The van der Waals surface area contributed by atoms with Gasteiger partial charge in [0.15, 0.2) is 0 Å². The molecule has 0 amide bonds. The van der Waals surface area contributed by atoms with E-state index in [0.717, 1.165) is 27.2 Å². The number of methoxy groups -OCH3 is 1. The van der Waals surface area contributed by atoms with Crippen LogP contribution in [0.1, 0.15) is 0 Å². The number of anilines is 1. The number of hydrogen-bond acceptors (Lipinski definition) is 4. The molecule has 0 N–H and O–H groups in total. The molecule has 0 heterocycles. The number of nitrogens with zero attached hydrogens (tertiary/aromatic N) is 1. The monoisotopic (exact) mass is 373 g/mol. The highest BCUT2D eigenvalue weighted by molar-refractivity contribution is 7.92. The molecule has 0 aliphatic rings. The Kier molecular flexibility index (Phi) is 4.90. The van der Waals surface area contributed by atoms with Gasteiger partial charge in [0.2, 0.25) is 0 Å². The van der Waals surface area contributed by atoms with E-state index in [4.69, 9.17) is 0 Å². The van der Waals surface area contributed by atoms with Gasteiger partial charge >= 0.3 is 5.97 Å². The van der Waals surface area contributed by atoms with Gasteiger partial charge in [-0.3, -0.25) is 9.10 Å². The average Bonchev–Trinajstić information content (AvgIpc) is 2.66. The Hall–Kier alpha value is -2.93. The normalized spacial score (nSPS) is 11.3. The van der Waals surface area contributed by atoms with Crippen molar-refractivity contribution in [1.29, 1.82) is 0 Å². The fourth-order valence-electron chi connectivity index (χ4n) is 2.56. The molecule has 0 atom stereocenters. The standard InChI is InChI=1S/C19H16FNO4S/c1-25-19(22)13-21(17-9-7-16(20)8-10-17)26(23,24)18-11-6-14-4-2-3-5-15(14)12-18/h2-12H,13H2,1H3. The summed E-state index contributed by atoms with van der Waals surface area (Å²) in [7, 11) is -2.88. The highest BCUT2D eigenvalue weighted by Crippen LogP contribution is 2.26. The second kappa shape index (κ2) is 7.13. The number of carbonyl (C=O) groups is 1. The summed E-state index contributed by atoms with van der Waals surface area (Å²) in [6.45, 7) is -0.517. The van der Waals surface area contributed by atoms with E-state index in [2.05, 4.69) is 4.74 Å². The maximum Gasteiger partial charge on any atom is 0.326 e. The number of ether oxygens (including phenoxy) is 1. The summed E-state index contributed by atoms with van der Waals surface area (Å²) in [6, 6.07) is 16.9. The Balaban J connectivity index is 2.10. The van der Waals surface area contributed by atoms with Gasteiger partial charge in [0.1, 0.15) is 12.4 Å². The van der Waals surface area contributed by atoms with Crippen molar-refractivity contribution in [2.75, 3.05) is 18.0 Å². The number of halogens is 1. The molecule has 0 saturated carbocycles. The molecule has 0 aromatic heterocycles. The number of fused-ring (bicyclic) bond motifs is 1. The van der Waals surface area contributed by atoms with Gasteiger partial charge in [-0.15, -0.1) is 0 Å². The molecule has 0 fully saturated rings. The molecule has 0 aliphatic carbocycles. The van der Waals surface area contributed by atoms with E-state index < -0.39 is 28.4 Å². The maximum atomic E-state index is 13.2. The fraction of sp³-hybridized carbons (Fsp3) is 0.105. The van der Waals surface area contributed by atoms with Crippen LogP contribution in [0.3, 0.4) is 0 Å². The van der Waals surface area contributed by atoms with Crippen molar-refractivity contribution in [2.24, 2.45) is 0 Å². The van der Waals surface area contributed by atoms with Crippen LogP contribution in [0, 0.1) is 5.82 Å². The summed E-state index contributed by atoms with van der Waals surface area (Å²) in [5.74, 6) is -1.23. The third-order valence-electron chi connectivity index (χ3n) is 3.92. The number of hydrogen-bond donors (Lipinski definition) is 0. The molecule has 3 rings (SSSR count). The van der Waals surface area contributed by atoms with E-state index >= 15 is 0 Å². The molecule has 5 nitrogen and oxygen atoms in total. The molecule has 3 aromatic rings. The zero-order valence-electron chi connectivity index (χ0n) is 13.9. The van der Waals surface area contributed by atoms with E-state index in [1.807, 2.05) is 18.2 Å². The van der Waals surface area contributed by atoms with Gasteiger partial charge in [-0.1, -0.05) is 30.3 Å². The maximum absolute atomic E-state index is 13.2. The molecule has 0 spiro atoms. The highest BCUT2D eigenvalue weighted by atomic mass is 32.2. The number of rotatable bonds is 5. The molecule has 7 heteroatoms. The van der Waals surface area contributed by atoms with Crippen LogP contribution in [0.4, 0.5) is 10.1 Å². The Bertz CT molecular complexity index is 1050. The van der Waals surface area contributed by atoms with Crippen LogP contribution in [0.5, 0.6) is 0 Å². The summed E-state index contributed by atoms with van der Waals surface area (Å²) in [4.78, 5) is 11.8. The quantitative estimate of drug-likeness (QED) is 0.644. The van der Waals surface area contributed by atoms with Crippen LogP contribution >= 0.6 is 0 Å². The van der Waals surface area contributed by atoms with Crippen molar-refractivity contribution in [1.82, 2.24) is 0 Å². The summed E-state index contributed by atoms with van der Waals surface area (Å²) >= 11 is 0. The van der Waals surface area contributed by atoms with Crippen molar-refractivity contribution < 1.29 is 22.3 Å². The summed E-state index contributed by atoms with van der Waals surface area (Å²) < 4.78 is 45.0. The van der Waals surface area contributed by atoms with Crippen LogP contribution in [-0.4, -0.2) is 28.0 Å². The van der Waals surface area contributed by atoms with Crippen LogP contribution in [-0.2, 0) is 19.6 Å². The van der Waals surface area contributed by atoms with Crippen molar-refractivity contribution in [3.8, 4) is 0 Å². The molecule has 3 aromatic carbocycles. The van der Waals surface area contributed by atoms with Gasteiger partial charge in [-0.05, 0) is 47.2 Å². The third kappa shape index (κ3) is 3.52. The first-order chi connectivity index (χ1) is 12.4. The fourth-order valence-corrected chi connectivity index (χ4v) is 4.00. The van der Waals surface area contributed by atoms with E-state index in [1.54, 1.807) is 18.2 Å². The molecule has 0 saturated heterocycles. The Morgan fingerprint density at radius 1 is 1.00 bits per heavy atom. The summed E-state index contributed by atoms with van der Waals surface area (Å²) in [6.07, 6.45) is 0. The smallest absolute Gasteiger partial charge is 0.326 e. The topological polar surface area (TPSA) is 63.7 Å². The third-order valence-corrected chi connectivity index (χ3v) is 5.69. The van der Waals surface area contributed by atoms with Gasteiger partial charge in [0.05, 0.1) is 17.7 Å². The highest BCUT2D eigenvalue weighted by Gasteiger charge is 2.27. The van der Waals surface area contributed by atoms with Gasteiger partial charge in [0, 0.05) is 0 Å². The molecular weight excluding hydrogens is 357 g/mol. The predicted octanol–water partition coefficient (Wildman–Crippen LogP) is 3.35. The van der Waals surface area contributed by atoms with Crippen LogP contribution in [0.2, 0.25) is 0 Å². The Labute approximate surface area is 150 Å². The molecule has 0 radical (unpaired) electrons. The molecule has 0 aliphatic heterocycles. The van der Waals surface area contributed by atoms with Gasteiger partial charge in [-0.2, -0.15) is 0 Å². The van der Waals surface area contributed by atoms with E-state index in [-0.39, 0.29) is 10.6 Å². The minimum Gasteiger partial charge on any atom is -0.468 e. The molecule has 134 valence electrons. The first-order valence-electron chi connectivity index (χ1n) is 7.76. The number of esters is 1. The SMILES string of the molecule is COC(=O)CN(c1ccc(F)cc1)S(=O)(=O)c1ccc2ccccc2c1. The van der Waals surface area contributed by atoms with Crippen LogP contribution < -0.4 is 4.31 Å². The number of carbonyl (C=O) groups excluding carboxylic acids is 1. The number of sulfonamides is 1. The van der Waals surface area contributed by atoms with Crippen molar-refractivity contribution >= 4 is 32.5 Å². The van der Waals surface area contributed by atoms with E-state index in [0.29, 0.717) is 0 Å². The number of benzene rings is 3. The lowest BCUT2D eigenvalue weighted by Crippen LogP contribution is -2.36. The first kappa shape index (κ1) is 17.9. The molecule has 0 unspecified atom stereocenters. The Morgan fingerprint density at radius 3 is 2.31 bits per heavy atom. The van der Waals surface area contributed by atoms with Crippen molar-refractivity contribution in [3.63, 3.8) is 0 Å². The molecule has 0 bridgehead atoms. The lowest BCUT2D eigenvalue weighted by atomic mass is 10.1. The van der Waals surface area contributed by atoms with Crippen LogP contribution in [0.15, 0.2) is 71.6 Å². The van der Waals surface area contributed by atoms with Gasteiger partial charge in [0.25, 0.3) is 10.0 Å². The average molecular weight is 373 g/mol. The van der Waals surface area contributed by atoms with E-state index in [9.17, 15) is 17.6 Å². The Morgan fingerprint density at radius 2 is 1.65 bits per heavy atom. The zero-order valence-corrected chi connectivity index (χ0v) is 14.7. The minimum atomic E-state index is -4.05. The van der Waals surface area contributed by atoms with E-state index in [1.165, 1.54) is 25.3 Å². The van der Waals surface area contributed by atoms with Crippen LogP contribution in [0.25, 0.3) is 10.8 Å². The molecule has 26 heavy (non-hydrogen) atoms.